The van der Waals surface area contributed by atoms with Crippen LogP contribution in [0.5, 0.6) is 0 Å². The molecule has 0 aliphatic rings. The van der Waals surface area contributed by atoms with E-state index in [2.05, 4.69) is 15.4 Å². The molecule has 0 heterocycles. The number of rotatable bonds is 7. The first-order chi connectivity index (χ1) is 7.51. The van der Waals surface area contributed by atoms with Gasteiger partial charge < -0.3 is 26.2 Å². The van der Waals surface area contributed by atoms with Crippen molar-refractivity contribution in [1.29, 1.82) is 0 Å². The minimum Gasteiger partial charge on any atom is -0.480 e. The number of carbonyl (C=O) groups excluding carboxylic acids is 2. The molecule has 92 valence electrons. The van der Waals surface area contributed by atoms with E-state index in [4.69, 9.17) is 10.8 Å². The zero-order valence-electron chi connectivity index (χ0n) is 8.86. The fourth-order valence-electron chi connectivity index (χ4n) is 0.838. The van der Waals surface area contributed by atoms with Crippen molar-refractivity contribution in [1.82, 2.24) is 10.6 Å². The summed E-state index contributed by atoms with van der Waals surface area (Å²) in [5.74, 6) is -2.32. The van der Waals surface area contributed by atoms with Gasteiger partial charge in [0, 0.05) is 7.11 Å². The van der Waals surface area contributed by atoms with Crippen molar-refractivity contribution in [3.8, 4) is 0 Å². The van der Waals surface area contributed by atoms with E-state index < -0.39 is 23.8 Å². The molecule has 1 unspecified atom stereocenters. The maximum atomic E-state index is 11.2. The number of ether oxygens (including phenoxy) is 1. The molecule has 0 bridgehead atoms. The lowest BCUT2D eigenvalue weighted by Gasteiger charge is -2.13. The second kappa shape index (κ2) is 7.60. The summed E-state index contributed by atoms with van der Waals surface area (Å²) in [5, 5.41) is 13.1. The number of nitrogens with two attached hydrogens (primary N) is 1. The molecular formula is C8H15N3O5. The minimum atomic E-state index is -1.21. The maximum Gasteiger partial charge on any atom is 0.328 e. The van der Waals surface area contributed by atoms with Crippen molar-refractivity contribution in [2.24, 2.45) is 5.73 Å². The molecular weight excluding hydrogens is 218 g/mol. The number of nitrogens with one attached hydrogen (secondary N) is 2. The highest BCUT2D eigenvalue weighted by Gasteiger charge is 2.19. The normalized spacial score (nSPS) is 11.6. The van der Waals surface area contributed by atoms with Gasteiger partial charge in [-0.05, 0) is 0 Å². The summed E-state index contributed by atoms with van der Waals surface area (Å²) in [6.45, 7) is -0.691. The van der Waals surface area contributed by atoms with Gasteiger partial charge in [0.15, 0.2) is 6.04 Å². The predicted molar refractivity (Wildman–Crippen MR) is 53.5 cm³/mol. The average molecular weight is 233 g/mol. The van der Waals surface area contributed by atoms with Crippen molar-refractivity contribution in [2.75, 3.05) is 26.8 Å². The number of carboxylic acids is 1. The van der Waals surface area contributed by atoms with Gasteiger partial charge in [0.1, 0.15) is 0 Å². The van der Waals surface area contributed by atoms with Crippen LogP contribution in [0.2, 0.25) is 0 Å². The number of carbonyl (C=O) groups is 3. The fraction of sp³-hybridized carbons (Fsp3) is 0.625. The summed E-state index contributed by atoms with van der Waals surface area (Å²) in [4.78, 5) is 32.5. The van der Waals surface area contributed by atoms with Crippen molar-refractivity contribution in [2.45, 2.75) is 6.04 Å². The quantitative estimate of drug-likeness (QED) is 0.378. The molecule has 0 radical (unpaired) electrons. The van der Waals surface area contributed by atoms with E-state index in [0.29, 0.717) is 0 Å². The van der Waals surface area contributed by atoms with Gasteiger partial charge in [-0.15, -0.1) is 0 Å². The Kier molecular flexibility index (Phi) is 6.81. The lowest BCUT2D eigenvalue weighted by atomic mass is 10.3. The van der Waals surface area contributed by atoms with Crippen LogP contribution in [0, 0.1) is 0 Å². The Hall–Kier alpha value is -1.67. The minimum absolute atomic E-state index is 0.147. The monoisotopic (exact) mass is 233 g/mol. The van der Waals surface area contributed by atoms with Crippen LogP contribution in [0.3, 0.4) is 0 Å². The number of hydrogen-bond acceptors (Lipinski definition) is 5. The van der Waals surface area contributed by atoms with Crippen LogP contribution in [-0.4, -0.2) is 55.7 Å². The fourth-order valence-corrected chi connectivity index (χ4v) is 0.838. The van der Waals surface area contributed by atoms with E-state index in [-0.39, 0.29) is 19.7 Å². The third kappa shape index (κ3) is 5.94. The van der Waals surface area contributed by atoms with Crippen LogP contribution in [0.1, 0.15) is 0 Å². The molecule has 0 aliphatic carbocycles. The van der Waals surface area contributed by atoms with E-state index >= 15 is 0 Å². The van der Waals surface area contributed by atoms with E-state index in [1.807, 2.05) is 0 Å². The number of amides is 2. The maximum absolute atomic E-state index is 11.2. The second-order valence-electron chi connectivity index (χ2n) is 2.89. The first-order valence-corrected chi connectivity index (χ1v) is 4.49. The molecule has 8 heteroatoms. The first-order valence-electron chi connectivity index (χ1n) is 4.49. The highest BCUT2D eigenvalue weighted by atomic mass is 16.5. The topological polar surface area (TPSA) is 131 Å². The van der Waals surface area contributed by atoms with Gasteiger partial charge in [-0.25, -0.2) is 4.79 Å². The molecule has 1 atom stereocenters. The van der Waals surface area contributed by atoms with Crippen LogP contribution < -0.4 is 16.4 Å². The molecule has 16 heavy (non-hydrogen) atoms. The molecule has 0 aromatic rings. The standard InChI is InChI=1S/C8H15N3O5/c1-16-4-5(8(14)15)11-7(13)3-10-6(12)2-9/h5H,2-4,9H2,1H3,(H,10,12)(H,11,13)(H,14,15). The van der Waals surface area contributed by atoms with Gasteiger partial charge in [-0.2, -0.15) is 0 Å². The average Bonchev–Trinajstić information content (AvgIpc) is 2.25. The van der Waals surface area contributed by atoms with Gasteiger partial charge in [-0.3, -0.25) is 9.59 Å². The Morgan fingerprint density at radius 2 is 2.00 bits per heavy atom. The van der Waals surface area contributed by atoms with Crippen molar-refractivity contribution >= 4 is 17.8 Å². The summed E-state index contributed by atoms with van der Waals surface area (Å²) < 4.78 is 4.61. The molecule has 0 aromatic heterocycles. The molecule has 5 N–H and O–H groups in total. The first kappa shape index (κ1) is 14.3. The third-order valence-electron chi connectivity index (χ3n) is 1.60. The summed E-state index contributed by atoms with van der Waals surface area (Å²) in [7, 11) is 1.32. The lowest BCUT2D eigenvalue weighted by Crippen LogP contribution is -2.48. The Morgan fingerprint density at radius 3 is 2.44 bits per heavy atom. The Morgan fingerprint density at radius 1 is 1.38 bits per heavy atom. The number of carboxylic acid groups (broad SMARTS) is 1. The molecule has 0 saturated carbocycles. The van der Waals surface area contributed by atoms with E-state index in [1.54, 1.807) is 0 Å². The summed E-state index contributed by atoms with van der Waals surface area (Å²) in [5.41, 5.74) is 5.00. The zero-order chi connectivity index (χ0) is 12.6. The predicted octanol–water partition coefficient (Wildman–Crippen LogP) is -2.72. The van der Waals surface area contributed by atoms with Crippen LogP contribution in [0.25, 0.3) is 0 Å². The summed E-state index contributed by atoms with van der Waals surface area (Å²) in [6.07, 6.45) is 0. The SMILES string of the molecule is COCC(NC(=O)CNC(=O)CN)C(=O)O. The smallest absolute Gasteiger partial charge is 0.328 e. The number of hydrogen-bond donors (Lipinski definition) is 4. The highest BCUT2D eigenvalue weighted by Crippen LogP contribution is 1.85. The third-order valence-corrected chi connectivity index (χ3v) is 1.60. The Balaban J connectivity index is 4.00. The Bertz CT molecular complexity index is 268. The lowest BCUT2D eigenvalue weighted by molar-refractivity contribution is -0.143. The van der Waals surface area contributed by atoms with E-state index in [9.17, 15) is 14.4 Å². The molecule has 0 aromatic carbocycles. The van der Waals surface area contributed by atoms with Crippen LogP contribution >= 0.6 is 0 Å². The second-order valence-corrected chi connectivity index (χ2v) is 2.89. The van der Waals surface area contributed by atoms with Crippen LogP contribution in [-0.2, 0) is 19.1 Å². The number of methoxy groups -OCH3 is 1. The van der Waals surface area contributed by atoms with Crippen molar-refractivity contribution in [3.63, 3.8) is 0 Å². The van der Waals surface area contributed by atoms with Gasteiger partial charge in [-0.1, -0.05) is 0 Å². The molecule has 0 aliphatic heterocycles. The van der Waals surface area contributed by atoms with Crippen LogP contribution in [0.15, 0.2) is 0 Å². The Labute approximate surface area is 92.1 Å². The van der Waals surface area contributed by atoms with Gasteiger partial charge in [0.25, 0.3) is 0 Å². The molecule has 8 nitrogen and oxygen atoms in total. The van der Waals surface area contributed by atoms with Gasteiger partial charge in [0.05, 0.1) is 19.7 Å². The summed E-state index contributed by atoms with van der Waals surface area (Å²) in [6, 6.07) is -1.13. The van der Waals surface area contributed by atoms with E-state index in [1.165, 1.54) is 7.11 Å². The summed E-state index contributed by atoms with van der Waals surface area (Å²) >= 11 is 0. The molecule has 0 fully saturated rings. The molecule has 0 saturated heterocycles. The zero-order valence-corrected chi connectivity index (χ0v) is 8.86. The van der Waals surface area contributed by atoms with Crippen molar-refractivity contribution in [3.05, 3.63) is 0 Å². The number of aliphatic carboxylic acids is 1. The van der Waals surface area contributed by atoms with Gasteiger partial charge in [0.2, 0.25) is 11.8 Å². The van der Waals surface area contributed by atoms with Gasteiger partial charge >= 0.3 is 5.97 Å². The molecule has 2 amide bonds. The van der Waals surface area contributed by atoms with E-state index in [0.717, 1.165) is 0 Å². The van der Waals surface area contributed by atoms with Crippen LogP contribution in [0.4, 0.5) is 0 Å². The molecule has 0 spiro atoms. The largest absolute Gasteiger partial charge is 0.480 e. The highest BCUT2D eigenvalue weighted by molar-refractivity contribution is 5.88. The van der Waals surface area contributed by atoms with Crippen molar-refractivity contribution < 1.29 is 24.2 Å². The molecule has 0 rings (SSSR count).